The van der Waals surface area contributed by atoms with Gasteiger partial charge >= 0.3 is 0 Å². The molecule has 0 aliphatic carbocycles. The molecule has 0 saturated carbocycles. The van der Waals surface area contributed by atoms with Crippen LogP contribution in [-0.2, 0) is 4.79 Å². The number of amides is 1. The van der Waals surface area contributed by atoms with Crippen LogP contribution in [0.25, 0.3) is 0 Å². The Labute approximate surface area is 111 Å². The van der Waals surface area contributed by atoms with Crippen molar-refractivity contribution in [2.24, 2.45) is 5.92 Å². The van der Waals surface area contributed by atoms with Crippen molar-refractivity contribution in [2.45, 2.75) is 25.6 Å². The lowest BCUT2D eigenvalue weighted by Gasteiger charge is -2.15. The first-order valence-corrected chi connectivity index (χ1v) is 6.47. The second-order valence-corrected chi connectivity index (χ2v) is 5.30. The fourth-order valence-electron chi connectivity index (χ4n) is 1.41. The second-order valence-electron chi connectivity index (χ2n) is 4.32. The number of hydrogen-bond donors (Lipinski definition) is 1. The summed E-state index contributed by atoms with van der Waals surface area (Å²) >= 11 is 3.38. The molecule has 1 rings (SSSR count). The van der Waals surface area contributed by atoms with Crippen molar-refractivity contribution in [3.05, 3.63) is 23.8 Å². The number of ether oxygens (including phenoxy) is 1. The van der Waals surface area contributed by atoms with Crippen molar-refractivity contribution in [1.29, 1.82) is 0 Å². The van der Waals surface area contributed by atoms with Crippen LogP contribution in [0.2, 0.25) is 0 Å². The number of anilines is 1. The maximum Gasteiger partial charge on any atom is 0.238 e. The predicted octanol–water partition coefficient (Wildman–Crippen LogP) is 3.36. The molecule has 0 aliphatic heterocycles. The summed E-state index contributed by atoms with van der Waals surface area (Å²) in [6.07, 6.45) is 0. The molecule has 17 heavy (non-hydrogen) atoms. The van der Waals surface area contributed by atoms with Gasteiger partial charge in [-0.3, -0.25) is 4.79 Å². The number of hydrogen-bond acceptors (Lipinski definition) is 2. The summed E-state index contributed by atoms with van der Waals surface area (Å²) < 4.78 is 5.12. The number of methoxy groups -OCH3 is 1. The highest BCUT2D eigenvalue weighted by Crippen LogP contribution is 2.22. The molecule has 0 aliphatic rings. The van der Waals surface area contributed by atoms with Gasteiger partial charge in [-0.15, -0.1) is 0 Å². The van der Waals surface area contributed by atoms with E-state index in [1.165, 1.54) is 0 Å². The van der Waals surface area contributed by atoms with E-state index >= 15 is 0 Å². The molecule has 3 nitrogen and oxygen atoms in total. The molecule has 94 valence electrons. The molecule has 1 amide bonds. The zero-order valence-electron chi connectivity index (χ0n) is 10.6. The van der Waals surface area contributed by atoms with Crippen molar-refractivity contribution in [3.63, 3.8) is 0 Å². The molecule has 0 radical (unpaired) electrons. The first-order chi connectivity index (χ1) is 7.95. The number of halogens is 1. The van der Waals surface area contributed by atoms with Crippen LogP contribution in [0.3, 0.4) is 0 Å². The van der Waals surface area contributed by atoms with Crippen LogP contribution in [0.15, 0.2) is 18.2 Å². The number of rotatable bonds is 4. The molecular weight excluding hydrogens is 282 g/mol. The molecule has 0 spiro atoms. The summed E-state index contributed by atoms with van der Waals surface area (Å²) in [6.45, 7) is 5.94. The number of benzene rings is 1. The van der Waals surface area contributed by atoms with Crippen molar-refractivity contribution in [3.8, 4) is 5.75 Å². The Morgan fingerprint density at radius 1 is 1.41 bits per heavy atom. The highest BCUT2D eigenvalue weighted by atomic mass is 79.9. The van der Waals surface area contributed by atoms with E-state index in [0.717, 1.165) is 17.0 Å². The van der Waals surface area contributed by atoms with Crippen LogP contribution in [0, 0.1) is 12.8 Å². The van der Waals surface area contributed by atoms with Gasteiger partial charge in [-0.25, -0.2) is 0 Å². The van der Waals surface area contributed by atoms with Crippen LogP contribution in [-0.4, -0.2) is 17.8 Å². The Bertz CT molecular complexity index is 404. The van der Waals surface area contributed by atoms with Crippen LogP contribution < -0.4 is 10.1 Å². The fraction of sp³-hybridized carbons (Fsp3) is 0.462. The van der Waals surface area contributed by atoms with E-state index in [9.17, 15) is 4.79 Å². The monoisotopic (exact) mass is 299 g/mol. The Balaban J connectivity index is 2.78. The van der Waals surface area contributed by atoms with E-state index in [0.29, 0.717) is 0 Å². The molecular formula is C13H18BrNO2. The SMILES string of the molecule is COc1ccc(NC(=O)C(Br)C(C)C)c(C)c1. The van der Waals surface area contributed by atoms with E-state index in [1.807, 2.05) is 39.0 Å². The third kappa shape index (κ3) is 3.73. The summed E-state index contributed by atoms with van der Waals surface area (Å²) in [7, 11) is 1.63. The molecule has 0 aromatic heterocycles. The van der Waals surface area contributed by atoms with Gasteiger partial charge in [0.1, 0.15) is 5.75 Å². The molecule has 1 N–H and O–H groups in total. The summed E-state index contributed by atoms with van der Waals surface area (Å²) in [6, 6.07) is 5.58. The number of aryl methyl sites for hydroxylation is 1. The maximum absolute atomic E-state index is 11.9. The van der Waals surface area contributed by atoms with Gasteiger partial charge in [-0.05, 0) is 36.6 Å². The van der Waals surface area contributed by atoms with Gasteiger partial charge in [0.2, 0.25) is 5.91 Å². The average Bonchev–Trinajstić information content (AvgIpc) is 2.30. The largest absolute Gasteiger partial charge is 0.497 e. The molecule has 4 heteroatoms. The molecule has 1 unspecified atom stereocenters. The molecule has 0 bridgehead atoms. The average molecular weight is 300 g/mol. The van der Waals surface area contributed by atoms with Crippen LogP contribution in [0.1, 0.15) is 19.4 Å². The van der Waals surface area contributed by atoms with Gasteiger partial charge in [0.05, 0.1) is 11.9 Å². The number of carbonyl (C=O) groups excluding carboxylic acids is 1. The first-order valence-electron chi connectivity index (χ1n) is 5.55. The van der Waals surface area contributed by atoms with Gasteiger partial charge in [-0.1, -0.05) is 29.8 Å². The minimum Gasteiger partial charge on any atom is -0.497 e. The van der Waals surface area contributed by atoms with Gasteiger partial charge in [0.25, 0.3) is 0 Å². The quantitative estimate of drug-likeness (QED) is 0.866. The lowest BCUT2D eigenvalue weighted by molar-refractivity contribution is -0.116. The third-order valence-corrected chi connectivity index (χ3v) is 4.00. The topological polar surface area (TPSA) is 38.3 Å². The van der Waals surface area contributed by atoms with E-state index in [1.54, 1.807) is 7.11 Å². The van der Waals surface area contributed by atoms with E-state index in [4.69, 9.17) is 4.74 Å². The molecule has 1 aromatic carbocycles. The van der Waals surface area contributed by atoms with Crippen molar-refractivity contribution >= 4 is 27.5 Å². The zero-order chi connectivity index (χ0) is 13.0. The van der Waals surface area contributed by atoms with Crippen molar-refractivity contribution in [1.82, 2.24) is 0 Å². The second kappa shape index (κ2) is 6.05. The Hall–Kier alpha value is -1.03. The number of carbonyl (C=O) groups is 1. The molecule has 0 fully saturated rings. The molecule has 0 heterocycles. The summed E-state index contributed by atoms with van der Waals surface area (Å²) in [4.78, 5) is 11.7. The van der Waals surface area contributed by atoms with Crippen LogP contribution >= 0.6 is 15.9 Å². The minimum absolute atomic E-state index is 0.0201. The Morgan fingerprint density at radius 3 is 2.53 bits per heavy atom. The van der Waals surface area contributed by atoms with Gasteiger partial charge < -0.3 is 10.1 Å². The Morgan fingerprint density at radius 2 is 2.06 bits per heavy atom. The third-order valence-electron chi connectivity index (χ3n) is 2.53. The summed E-state index contributed by atoms with van der Waals surface area (Å²) in [5, 5.41) is 2.90. The predicted molar refractivity (Wildman–Crippen MR) is 73.9 cm³/mol. The highest BCUT2D eigenvalue weighted by Gasteiger charge is 2.19. The van der Waals surface area contributed by atoms with Crippen LogP contribution in [0.4, 0.5) is 5.69 Å². The highest BCUT2D eigenvalue weighted by molar-refractivity contribution is 9.10. The first kappa shape index (κ1) is 14.0. The number of nitrogens with one attached hydrogen (secondary N) is 1. The van der Waals surface area contributed by atoms with Crippen molar-refractivity contribution < 1.29 is 9.53 Å². The van der Waals surface area contributed by atoms with E-state index in [-0.39, 0.29) is 16.7 Å². The number of alkyl halides is 1. The molecule has 1 atom stereocenters. The lowest BCUT2D eigenvalue weighted by atomic mass is 10.1. The maximum atomic E-state index is 11.9. The summed E-state index contributed by atoms with van der Waals surface area (Å²) in [5.41, 5.74) is 1.81. The standard InChI is InChI=1S/C13H18BrNO2/c1-8(2)12(14)13(16)15-11-6-5-10(17-4)7-9(11)3/h5-8,12H,1-4H3,(H,15,16). The zero-order valence-corrected chi connectivity index (χ0v) is 12.2. The Kier molecular flexibility index (Phi) is 5.00. The molecule has 0 saturated heterocycles. The minimum atomic E-state index is -0.177. The summed E-state index contributed by atoms with van der Waals surface area (Å²) in [5.74, 6) is 1.03. The fourth-order valence-corrected chi connectivity index (χ4v) is 1.52. The lowest BCUT2D eigenvalue weighted by Crippen LogP contribution is -2.27. The van der Waals surface area contributed by atoms with Gasteiger partial charge in [0.15, 0.2) is 0 Å². The van der Waals surface area contributed by atoms with Crippen molar-refractivity contribution in [2.75, 3.05) is 12.4 Å². The van der Waals surface area contributed by atoms with E-state index < -0.39 is 0 Å². The van der Waals surface area contributed by atoms with Crippen LogP contribution in [0.5, 0.6) is 5.75 Å². The molecule has 1 aromatic rings. The van der Waals surface area contributed by atoms with Gasteiger partial charge in [0, 0.05) is 5.69 Å². The normalized spacial score (nSPS) is 12.4. The van der Waals surface area contributed by atoms with E-state index in [2.05, 4.69) is 21.2 Å². The van der Waals surface area contributed by atoms with Gasteiger partial charge in [-0.2, -0.15) is 0 Å². The smallest absolute Gasteiger partial charge is 0.238 e.